The first kappa shape index (κ1) is 14.8. The Morgan fingerprint density at radius 3 is 2.05 bits per heavy atom. The van der Waals surface area contributed by atoms with Crippen molar-refractivity contribution in [1.82, 2.24) is 5.32 Å². The van der Waals surface area contributed by atoms with Crippen molar-refractivity contribution in [1.29, 1.82) is 0 Å². The van der Waals surface area contributed by atoms with Gasteiger partial charge in [0.2, 0.25) is 15.0 Å². The predicted molar refractivity (Wildman–Crippen MR) is 88.4 cm³/mol. The molecule has 22 heavy (non-hydrogen) atoms. The Morgan fingerprint density at radius 1 is 0.955 bits per heavy atom. The molecule has 3 rings (SSSR count). The molecular formula is C17H18N2O2S. The largest absolute Gasteiger partial charge is 0.351 e. The normalized spacial score (nSPS) is 21.2. The quantitative estimate of drug-likeness (QED) is 0.947. The van der Waals surface area contributed by atoms with Crippen molar-refractivity contribution >= 4 is 15.0 Å². The van der Waals surface area contributed by atoms with E-state index in [2.05, 4.69) is 10.3 Å². The highest BCUT2D eigenvalue weighted by Gasteiger charge is 2.35. The van der Waals surface area contributed by atoms with E-state index in [0.29, 0.717) is 0 Å². The second-order valence-corrected chi connectivity index (χ2v) is 7.42. The SMILES string of the molecule is CCS(=O)(=O)C1=NC(c2ccccc2)C(c2ccccc2)N1. The van der Waals surface area contributed by atoms with Crippen molar-refractivity contribution in [2.45, 2.75) is 19.0 Å². The molecule has 2 aromatic rings. The highest BCUT2D eigenvalue weighted by atomic mass is 32.2. The molecule has 114 valence electrons. The summed E-state index contributed by atoms with van der Waals surface area (Å²) in [5.74, 6) is 0.0435. The Bertz CT molecular complexity index is 771. The van der Waals surface area contributed by atoms with Gasteiger partial charge in [-0.3, -0.25) is 0 Å². The third kappa shape index (κ3) is 2.76. The molecule has 1 N–H and O–H groups in total. The van der Waals surface area contributed by atoms with E-state index in [1.165, 1.54) is 0 Å². The van der Waals surface area contributed by atoms with Crippen LogP contribution in [0.15, 0.2) is 65.7 Å². The maximum Gasteiger partial charge on any atom is 0.217 e. The summed E-state index contributed by atoms with van der Waals surface area (Å²) in [6.45, 7) is 1.63. The zero-order valence-corrected chi connectivity index (χ0v) is 13.1. The van der Waals surface area contributed by atoms with Crippen LogP contribution in [-0.2, 0) is 9.84 Å². The Morgan fingerprint density at radius 2 is 1.50 bits per heavy atom. The predicted octanol–water partition coefficient (Wildman–Crippen LogP) is 2.86. The maximum atomic E-state index is 12.2. The Hall–Kier alpha value is -2.14. The number of hydrogen-bond donors (Lipinski definition) is 1. The van der Waals surface area contributed by atoms with Gasteiger partial charge in [-0.15, -0.1) is 0 Å². The summed E-state index contributed by atoms with van der Waals surface area (Å²) >= 11 is 0. The Kier molecular flexibility index (Phi) is 3.98. The summed E-state index contributed by atoms with van der Waals surface area (Å²) in [6, 6.07) is 19.2. The number of sulfone groups is 1. The first-order valence-electron chi connectivity index (χ1n) is 7.29. The lowest BCUT2D eigenvalue weighted by atomic mass is 9.95. The highest BCUT2D eigenvalue weighted by molar-refractivity contribution is 8.06. The average Bonchev–Trinajstić information content (AvgIpc) is 3.02. The number of nitrogens with zero attached hydrogens (tertiary/aromatic N) is 1. The molecule has 0 amide bonds. The van der Waals surface area contributed by atoms with Crippen LogP contribution in [0.5, 0.6) is 0 Å². The monoisotopic (exact) mass is 314 g/mol. The summed E-state index contributed by atoms with van der Waals surface area (Å²) in [6.07, 6.45) is 0. The number of aliphatic imine (C=N–C) groups is 1. The molecule has 0 spiro atoms. The molecule has 0 aliphatic carbocycles. The minimum Gasteiger partial charge on any atom is -0.351 e. The van der Waals surface area contributed by atoms with Gasteiger partial charge in [0, 0.05) is 0 Å². The fourth-order valence-corrected chi connectivity index (χ4v) is 3.45. The molecule has 5 heteroatoms. The lowest BCUT2D eigenvalue weighted by molar-refractivity contribution is 0.571. The molecule has 0 aromatic heterocycles. The molecule has 1 aliphatic rings. The van der Waals surface area contributed by atoms with E-state index in [4.69, 9.17) is 0 Å². The molecule has 0 fully saturated rings. The third-order valence-corrected chi connectivity index (χ3v) is 5.40. The molecule has 2 unspecified atom stereocenters. The van der Waals surface area contributed by atoms with Gasteiger partial charge in [0.25, 0.3) is 0 Å². The summed E-state index contributed by atoms with van der Waals surface area (Å²) in [5.41, 5.74) is 2.03. The lowest BCUT2D eigenvalue weighted by Crippen LogP contribution is -2.31. The van der Waals surface area contributed by atoms with Crippen LogP contribution in [0.1, 0.15) is 30.1 Å². The van der Waals surface area contributed by atoms with Gasteiger partial charge in [0.15, 0.2) is 0 Å². The van der Waals surface area contributed by atoms with Crippen LogP contribution >= 0.6 is 0 Å². The minimum absolute atomic E-state index is 0.0435. The summed E-state index contributed by atoms with van der Waals surface area (Å²) in [5, 5.41) is 3.20. The van der Waals surface area contributed by atoms with Crippen LogP contribution in [-0.4, -0.2) is 19.3 Å². The molecule has 0 radical (unpaired) electrons. The molecule has 0 saturated heterocycles. The maximum absolute atomic E-state index is 12.2. The molecular weight excluding hydrogens is 296 g/mol. The average molecular weight is 314 g/mol. The highest BCUT2D eigenvalue weighted by Crippen LogP contribution is 2.36. The number of rotatable bonds is 3. The van der Waals surface area contributed by atoms with Crippen LogP contribution in [0, 0.1) is 0 Å². The fraction of sp³-hybridized carbons (Fsp3) is 0.235. The van der Waals surface area contributed by atoms with E-state index in [0.717, 1.165) is 11.1 Å². The van der Waals surface area contributed by atoms with Gasteiger partial charge >= 0.3 is 0 Å². The third-order valence-electron chi connectivity index (χ3n) is 3.83. The van der Waals surface area contributed by atoms with Crippen molar-refractivity contribution < 1.29 is 8.42 Å². The van der Waals surface area contributed by atoms with Gasteiger partial charge < -0.3 is 5.32 Å². The van der Waals surface area contributed by atoms with Crippen LogP contribution in [0.4, 0.5) is 0 Å². The molecule has 2 atom stereocenters. The van der Waals surface area contributed by atoms with Crippen molar-refractivity contribution in [2.75, 3.05) is 5.75 Å². The zero-order chi connectivity index (χ0) is 15.6. The fourth-order valence-electron chi connectivity index (χ4n) is 2.60. The van der Waals surface area contributed by atoms with E-state index >= 15 is 0 Å². The smallest absolute Gasteiger partial charge is 0.217 e. The Balaban J connectivity index is 2.04. The van der Waals surface area contributed by atoms with Crippen LogP contribution < -0.4 is 5.32 Å². The second-order valence-electron chi connectivity index (χ2n) is 5.23. The Labute approximate surface area is 130 Å². The topological polar surface area (TPSA) is 58.5 Å². The van der Waals surface area contributed by atoms with Crippen molar-refractivity contribution in [3.05, 3.63) is 71.8 Å². The van der Waals surface area contributed by atoms with Gasteiger partial charge in [-0.25, -0.2) is 13.4 Å². The number of benzene rings is 2. The van der Waals surface area contributed by atoms with Gasteiger partial charge in [-0.1, -0.05) is 67.6 Å². The number of nitrogens with one attached hydrogen (secondary N) is 1. The van der Waals surface area contributed by atoms with Crippen LogP contribution in [0.2, 0.25) is 0 Å². The van der Waals surface area contributed by atoms with Crippen molar-refractivity contribution in [3.63, 3.8) is 0 Å². The van der Waals surface area contributed by atoms with Crippen LogP contribution in [0.3, 0.4) is 0 Å². The van der Waals surface area contributed by atoms with E-state index in [1.807, 2.05) is 60.7 Å². The molecule has 4 nitrogen and oxygen atoms in total. The van der Waals surface area contributed by atoms with E-state index in [1.54, 1.807) is 6.92 Å². The zero-order valence-electron chi connectivity index (χ0n) is 12.3. The number of hydrogen-bond acceptors (Lipinski definition) is 4. The molecule has 1 aliphatic heterocycles. The van der Waals surface area contributed by atoms with E-state index in [-0.39, 0.29) is 23.0 Å². The van der Waals surface area contributed by atoms with Crippen LogP contribution in [0.25, 0.3) is 0 Å². The summed E-state index contributed by atoms with van der Waals surface area (Å²) in [7, 11) is -3.34. The summed E-state index contributed by atoms with van der Waals surface area (Å²) in [4.78, 5) is 4.48. The standard InChI is InChI=1S/C17H18N2O2S/c1-2-22(20,21)17-18-15(13-9-5-3-6-10-13)16(19-17)14-11-7-4-8-12-14/h3-12,15-16H,2H2,1H3,(H,18,19). The minimum atomic E-state index is -3.34. The van der Waals surface area contributed by atoms with Crippen molar-refractivity contribution in [2.24, 2.45) is 4.99 Å². The van der Waals surface area contributed by atoms with Crippen molar-refractivity contribution in [3.8, 4) is 0 Å². The first-order chi connectivity index (χ1) is 10.6. The van der Waals surface area contributed by atoms with Gasteiger partial charge in [0.05, 0.1) is 11.8 Å². The van der Waals surface area contributed by atoms with Gasteiger partial charge in [-0.2, -0.15) is 0 Å². The first-order valence-corrected chi connectivity index (χ1v) is 8.94. The van der Waals surface area contributed by atoms with Gasteiger partial charge in [0.1, 0.15) is 6.04 Å². The molecule has 1 heterocycles. The van der Waals surface area contributed by atoms with E-state index < -0.39 is 9.84 Å². The van der Waals surface area contributed by atoms with E-state index in [9.17, 15) is 8.42 Å². The molecule has 2 aromatic carbocycles. The summed E-state index contributed by atoms with van der Waals surface area (Å²) < 4.78 is 24.3. The molecule has 0 saturated carbocycles. The lowest BCUT2D eigenvalue weighted by Gasteiger charge is -2.19. The second kappa shape index (κ2) is 5.93. The molecule has 0 bridgehead atoms. The van der Waals surface area contributed by atoms with Gasteiger partial charge in [-0.05, 0) is 11.1 Å². The number of amidine groups is 1.